The molecule has 0 spiro atoms. The Balaban J connectivity index is 1.81. The van der Waals surface area contributed by atoms with Gasteiger partial charge in [0.25, 0.3) is 5.69 Å². The van der Waals surface area contributed by atoms with E-state index in [2.05, 4.69) is 0 Å². The summed E-state index contributed by atoms with van der Waals surface area (Å²) in [5.74, 6) is -2.11. The largest absolute Gasteiger partial charge is 0.480 e. The molecule has 3 atom stereocenters. The van der Waals surface area contributed by atoms with Crippen molar-refractivity contribution in [2.45, 2.75) is 31.9 Å². The van der Waals surface area contributed by atoms with Gasteiger partial charge in [0.2, 0.25) is 0 Å². The Labute approximate surface area is 172 Å². The van der Waals surface area contributed by atoms with Gasteiger partial charge in [-0.2, -0.15) is 0 Å². The Hall–Kier alpha value is -3.68. The summed E-state index contributed by atoms with van der Waals surface area (Å²) < 4.78 is 5.44. The summed E-state index contributed by atoms with van der Waals surface area (Å²) >= 11 is 0. The Morgan fingerprint density at radius 3 is 2.63 bits per heavy atom. The monoisotopic (exact) mass is 408 g/mol. The predicted molar refractivity (Wildman–Crippen MR) is 108 cm³/mol. The van der Waals surface area contributed by atoms with Crippen LogP contribution in [0.3, 0.4) is 0 Å². The number of carboxylic acid groups (broad SMARTS) is 1. The molecule has 0 radical (unpaired) electrons. The number of nitro groups is 1. The lowest BCUT2D eigenvalue weighted by Crippen LogP contribution is -2.54. The molecule has 0 aromatic heterocycles. The van der Waals surface area contributed by atoms with Gasteiger partial charge < -0.3 is 9.84 Å². The summed E-state index contributed by atoms with van der Waals surface area (Å²) in [5.41, 5.74) is 1.83. The van der Waals surface area contributed by atoms with Crippen molar-refractivity contribution in [3.63, 3.8) is 0 Å². The maximum Gasteiger partial charge on any atom is 0.415 e. The Kier molecular flexibility index (Phi) is 4.99. The van der Waals surface area contributed by atoms with E-state index in [-0.39, 0.29) is 18.0 Å². The van der Waals surface area contributed by atoms with Crippen LogP contribution in [0.25, 0.3) is 0 Å². The smallest absolute Gasteiger partial charge is 0.415 e. The second-order valence-corrected chi connectivity index (χ2v) is 7.47. The van der Waals surface area contributed by atoms with Crippen molar-refractivity contribution in [1.82, 2.24) is 0 Å². The van der Waals surface area contributed by atoms with Gasteiger partial charge in [0, 0.05) is 17.9 Å². The van der Waals surface area contributed by atoms with Gasteiger partial charge in [0.15, 0.2) is 0 Å². The van der Waals surface area contributed by atoms with Gasteiger partial charge in [0.1, 0.15) is 12.6 Å². The molecule has 30 heavy (non-hydrogen) atoms. The van der Waals surface area contributed by atoms with E-state index in [1.807, 2.05) is 24.3 Å². The van der Waals surface area contributed by atoms with Gasteiger partial charge in [-0.25, -0.2) is 9.59 Å². The average Bonchev–Trinajstić information content (AvgIpc) is 3.21. The molecule has 4 rings (SSSR count). The first-order valence-electron chi connectivity index (χ1n) is 9.57. The van der Waals surface area contributed by atoms with E-state index in [1.54, 1.807) is 25.1 Å². The van der Waals surface area contributed by atoms with Gasteiger partial charge in [-0.15, -0.1) is 0 Å². The van der Waals surface area contributed by atoms with Crippen molar-refractivity contribution in [3.8, 4) is 0 Å². The number of carbonyl (C=O) groups is 2. The standard InChI is InChI=1S/C22H20N2O6/c1-13-10-11-17(24(28)29)18-15-8-5-9-16(15)20(21(25)26)23(19(13)18)22(27)30-12-14-6-3-2-4-7-14/h2-8,10-11,15-16,20H,9,12H2,1H3,(H,25,26)/t15-,16+,20-/m0/s1. The second-order valence-electron chi connectivity index (χ2n) is 7.47. The zero-order valence-corrected chi connectivity index (χ0v) is 16.2. The quantitative estimate of drug-likeness (QED) is 0.462. The third-order valence-electron chi connectivity index (χ3n) is 5.72. The zero-order chi connectivity index (χ0) is 21.4. The number of allylic oxidation sites excluding steroid dienone is 2. The first-order chi connectivity index (χ1) is 14.4. The second kappa shape index (κ2) is 7.62. The number of amides is 1. The van der Waals surface area contributed by atoms with E-state index in [9.17, 15) is 24.8 Å². The van der Waals surface area contributed by atoms with Gasteiger partial charge >= 0.3 is 12.1 Å². The normalized spacial score (nSPS) is 21.6. The van der Waals surface area contributed by atoms with E-state index in [0.717, 1.165) is 10.5 Å². The highest BCUT2D eigenvalue weighted by Gasteiger charge is 2.51. The molecule has 2 aliphatic rings. The Morgan fingerprint density at radius 2 is 1.97 bits per heavy atom. The number of ether oxygens (including phenoxy) is 1. The van der Waals surface area contributed by atoms with E-state index >= 15 is 0 Å². The Morgan fingerprint density at radius 1 is 1.23 bits per heavy atom. The number of nitro benzene ring substituents is 1. The highest BCUT2D eigenvalue weighted by atomic mass is 16.6. The van der Waals surface area contributed by atoms with Crippen LogP contribution in [0, 0.1) is 23.0 Å². The molecular formula is C22H20N2O6. The zero-order valence-electron chi connectivity index (χ0n) is 16.2. The minimum Gasteiger partial charge on any atom is -0.480 e. The molecule has 8 heteroatoms. The maximum absolute atomic E-state index is 13.1. The van der Waals surface area contributed by atoms with Crippen molar-refractivity contribution in [2.24, 2.45) is 5.92 Å². The van der Waals surface area contributed by atoms with Gasteiger partial charge in [-0.3, -0.25) is 15.0 Å². The average molecular weight is 408 g/mol. The molecule has 0 fully saturated rings. The lowest BCUT2D eigenvalue weighted by atomic mass is 9.76. The van der Waals surface area contributed by atoms with Crippen LogP contribution in [0.15, 0.2) is 54.6 Å². The molecular weight excluding hydrogens is 388 g/mol. The number of carboxylic acids is 1. The number of aryl methyl sites for hydroxylation is 1. The highest BCUT2D eigenvalue weighted by molar-refractivity contribution is 5.99. The van der Waals surface area contributed by atoms with Crippen molar-refractivity contribution in [2.75, 3.05) is 4.90 Å². The molecule has 0 bridgehead atoms. The van der Waals surface area contributed by atoms with E-state index in [4.69, 9.17) is 4.74 Å². The van der Waals surface area contributed by atoms with Crippen LogP contribution in [0.4, 0.5) is 16.2 Å². The fourth-order valence-electron chi connectivity index (χ4n) is 4.44. The molecule has 0 unspecified atom stereocenters. The number of rotatable bonds is 4. The fourth-order valence-corrected chi connectivity index (χ4v) is 4.44. The molecule has 154 valence electrons. The predicted octanol–water partition coefficient (Wildman–Crippen LogP) is 4.17. The summed E-state index contributed by atoms with van der Waals surface area (Å²) in [7, 11) is 0. The first kappa shape index (κ1) is 19.6. The number of hydrogen-bond donors (Lipinski definition) is 1. The van der Waals surface area contributed by atoms with Crippen molar-refractivity contribution in [3.05, 3.63) is 81.4 Å². The lowest BCUT2D eigenvalue weighted by molar-refractivity contribution is -0.385. The maximum atomic E-state index is 13.1. The third-order valence-corrected chi connectivity index (χ3v) is 5.72. The number of benzene rings is 2. The SMILES string of the molecule is Cc1ccc([N+](=O)[O-])c2c1N(C(=O)OCc1ccccc1)[C@H](C(=O)O)[C@@H]1CC=C[C@H]21. The topological polar surface area (TPSA) is 110 Å². The van der Waals surface area contributed by atoms with Gasteiger partial charge in [-0.05, 0) is 24.5 Å². The molecule has 1 aliphatic heterocycles. The van der Waals surface area contributed by atoms with Crippen LogP contribution in [0.2, 0.25) is 0 Å². The summed E-state index contributed by atoms with van der Waals surface area (Å²) in [6.45, 7) is 1.68. The molecule has 0 saturated carbocycles. The molecule has 2 aromatic rings. The minimum atomic E-state index is -1.18. The number of carbonyl (C=O) groups excluding carboxylic acids is 1. The number of fused-ring (bicyclic) bond motifs is 3. The molecule has 1 heterocycles. The molecule has 8 nitrogen and oxygen atoms in total. The first-order valence-corrected chi connectivity index (χ1v) is 9.57. The minimum absolute atomic E-state index is 0.0296. The summed E-state index contributed by atoms with van der Waals surface area (Å²) in [4.78, 5) is 37.6. The highest BCUT2D eigenvalue weighted by Crippen LogP contribution is 2.52. The van der Waals surface area contributed by atoms with E-state index in [1.165, 1.54) is 12.1 Å². The van der Waals surface area contributed by atoms with Crippen LogP contribution in [-0.2, 0) is 16.1 Å². The van der Waals surface area contributed by atoms with Crippen molar-refractivity contribution < 1.29 is 24.4 Å². The number of anilines is 1. The summed E-state index contributed by atoms with van der Waals surface area (Å²) in [6, 6.07) is 10.8. The van der Waals surface area contributed by atoms with Crippen LogP contribution in [0.1, 0.15) is 29.0 Å². The molecule has 0 saturated heterocycles. The Bertz CT molecular complexity index is 1050. The fraction of sp³-hybridized carbons (Fsp3) is 0.273. The van der Waals surface area contributed by atoms with Crippen LogP contribution in [-0.4, -0.2) is 28.1 Å². The molecule has 1 aliphatic carbocycles. The summed E-state index contributed by atoms with van der Waals surface area (Å²) in [5, 5.41) is 21.7. The lowest BCUT2D eigenvalue weighted by Gasteiger charge is -2.41. The summed E-state index contributed by atoms with van der Waals surface area (Å²) in [6.07, 6.45) is 3.20. The van der Waals surface area contributed by atoms with Crippen LogP contribution >= 0.6 is 0 Å². The van der Waals surface area contributed by atoms with Crippen molar-refractivity contribution in [1.29, 1.82) is 0 Å². The molecule has 2 aromatic carbocycles. The number of nitrogens with zero attached hydrogens (tertiary/aromatic N) is 2. The van der Waals surface area contributed by atoms with E-state index < -0.39 is 34.9 Å². The van der Waals surface area contributed by atoms with Gasteiger partial charge in [0.05, 0.1) is 16.2 Å². The third kappa shape index (κ3) is 3.20. The van der Waals surface area contributed by atoms with Crippen LogP contribution < -0.4 is 4.90 Å². The van der Waals surface area contributed by atoms with Gasteiger partial charge in [-0.1, -0.05) is 48.6 Å². The van der Waals surface area contributed by atoms with E-state index in [0.29, 0.717) is 17.5 Å². The molecule has 1 N–H and O–H groups in total. The van der Waals surface area contributed by atoms with Crippen molar-refractivity contribution >= 4 is 23.4 Å². The molecule has 1 amide bonds. The number of hydrogen-bond acceptors (Lipinski definition) is 5. The number of aliphatic carboxylic acids is 1. The van der Waals surface area contributed by atoms with Crippen LogP contribution in [0.5, 0.6) is 0 Å².